The maximum atomic E-state index is 12.3. The molecule has 5 heteroatoms. The summed E-state index contributed by atoms with van der Waals surface area (Å²) in [6.07, 6.45) is 3.37. The van der Waals surface area contributed by atoms with Crippen molar-refractivity contribution in [3.8, 4) is 0 Å². The summed E-state index contributed by atoms with van der Waals surface area (Å²) in [6.45, 7) is 6.77. The second-order valence-corrected chi connectivity index (χ2v) is 5.58. The second-order valence-electron chi connectivity index (χ2n) is 5.58. The van der Waals surface area contributed by atoms with Gasteiger partial charge in [0.25, 0.3) is 5.91 Å². The second kappa shape index (κ2) is 5.67. The summed E-state index contributed by atoms with van der Waals surface area (Å²) in [5.74, 6) is -0.0995. The third-order valence-corrected chi connectivity index (χ3v) is 3.85. The van der Waals surface area contributed by atoms with Crippen LogP contribution in [0.2, 0.25) is 0 Å². The standard InChI is InChI=1S/C17H20N4O/c1-4-21-10-15(9-18-21)17(22)20-12(3)13-5-6-16-14(8-13)7-11(2)19-16/h5-10,12,19H,4H2,1-3H3,(H,20,22)/t12-/m1/s1. The lowest BCUT2D eigenvalue weighted by Crippen LogP contribution is -2.26. The molecule has 0 saturated heterocycles. The zero-order valence-corrected chi connectivity index (χ0v) is 13.1. The van der Waals surface area contributed by atoms with E-state index >= 15 is 0 Å². The van der Waals surface area contributed by atoms with Gasteiger partial charge in [0, 0.05) is 24.0 Å². The molecule has 1 amide bonds. The topological polar surface area (TPSA) is 62.7 Å². The molecule has 5 nitrogen and oxygen atoms in total. The molecule has 0 saturated carbocycles. The Balaban J connectivity index is 1.77. The Morgan fingerprint density at radius 1 is 1.41 bits per heavy atom. The molecule has 0 bridgehead atoms. The molecule has 1 aromatic carbocycles. The predicted molar refractivity (Wildman–Crippen MR) is 86.8 cm³/mol. The molecule has 0 aliphatic rings. The van der Waals surface area contributed by atoms with Crippen molar-refractivity contribution >= 4 is 16.8 Å². The van der Waals surface area contributed by atoms with Gasteiger partial charge in [-0.2, -0.15) is 5.10 Å². The van der Waals surface area contributed by atoms with Crippen molar-refractivity contribution in [1.29, 1.82) is 0 Å². The van der Waals surface area contributed by atoms with Crippen LogP contribution in [-0.4, -0.2) is 20.7 Å². The zero-order valence-electron chi connectivity index (χ0n) is 13.1. The van der Waals surface area contributed by atoms with Gasteiger partial charge < -0.3 is 10.3 Å². The van der Waals surface area contributed by atoms with E-state index in [1.165, 1.54) is 0 Å². The molecule has 3 rings (SSSR count). The van der Waals surface area contributed by atoms with Gasteiger partial charge >= 0.3 is 0 Å². The van der Waals surface area contributed by atoms with Crippen LogP contribution in [0.1, 0.15) is 41.5 Å². The molecular formula is C17H20N4O. The summed E-state index contributed by atoms with van der Waals surface area (Å²) in [6, 6.07) is 8.25. The van der Waals surface area contributed by atoms with E-state index in [0.29, 0.717) is 5.56 Å². The van der Waals surface area contributed by atoms with E-state index in [1.807, 2.05) is 26.8 Å². The third kappa shape index (κ3) is 2.74. The van der Waals surface area contributed by atoms with Crippen LogP contribution in [0.25, 0.3) is 10.9 Å². The largest absolute Gasteiger partial charge is 0.359 e. The normalized spacial score (nSPS) is 12.5. The number of nitrogens with zero attached hydrogens (tertiary/aromatic N) is 2. The van der Waals surface area contributed by atoms with Crippen molar-refractivity contribution in [2.75, 3.05) is 0 Å². The Labute approximate surface area is 129 Å². The SMILES string of the molecule is CCn1cc(C(=O)N[C@H](C)c2ccc3[nH]c(C)cc3c2)cn1. The molecule has 0 unspecified atom stereocenters. The van der Waals surface area contributed by atoms with E-state index in [-0.39, 0.29) is 11.9 Å². The Bertz CT molecular complexity index is 815. The van der Waals surface area contributed by atoms with E-state index in [9.17, 15) is 4.79 Å². The highest BCUT2D eigenvalue weighted by Crippen LogP contribution is 2.21. The molecule has 2 N–H and O–H groups in total. The van der Waals surface area contributed by atoms with E-state index in [1.54, 1.807) is 17.1 Å². The fraction of sp³-hybridized carbons (Fsp3) is 0.294. The van der Waals surface area contributed by atoms with Crippen molar-refractivity contribution in [2.24, 2.45) is 0 Å². The first-order chi connectivity index (χ1) is 10.6. The molecule has 22 heavy (non-hydrogen) atoms. The molecule has 0 spiro atoms. The van der Waals surface area contributed by atoms with Gasteiger partial charge in [0.15, 0.2) is 0 Å². The number of hydrogen-bond donors (Lipinski definition) is 2. The number of carbonyl (C=O) groups excluding carboxylic acids is 1. The maximum Gasteiger partial charge on any atom is 0.254 e. The molecule has 2 heterocycles. The van der Waals surface area contributed by atoms with E-state index < -0.39 is 0 Å². The molecule has 2 aromatic heterocycles. The summed E-state index contributed by atoms with van der Waals surface area (Å²) >= 11 is 0. The van der Waals surface area contributed by atoms with E-state index in [4.69, 9.17) is 0 Å². The fourth-order valence-electron chi connectivity index (χ4n) is 2.58. The van der Waals surface area contributed by atoms with Crippen LogP contribution in [0.3, 0.4) is 0 Å². The van der Waals surface area contributed by atoms with Gasteiger partial charge in [-0.25, -0.2) is 0 Å². The summed E-state index contributed by atoms with van der Waals surface area (Å²) in [7, 11) is 0. The Hall–Kier alpha value is -2.56. The number of nitrogens with one attached hydrogen (secondary N) is 2. The summed E-state index contributed by atoms with van der Waals surface area (Å²) in [4.78, 5) is 15.6. The van der Waals surface area contributed by atoms with Crippen molar-refractivity contribution in [1.82, 2.24) is 20.1 Å². The highest BCUT2D eigenvalue weighted by atomic mass is 16.1. The number of aromatic nitrogens is 3. The molecule has 0 radical (unpaired) electrons. The van der Waals surface area contributed by atoms with Crippen LogP contribution < -0.4 is 5.32 Å². The lowest BCUT2D eigenvalue weighted by molar-refractivity contribution is 0.0940. The first-order valence-electron chi connectivity index (χ1n) is 7.49. The lowest BCUT2D eigenvalue weighted by atomic mass is 10.1. The van der Waals surface area contributed by atoms with Gasteiger partial charge in [-0.15, -0.1) is 0 Å². The van der Waals surface area contributed by atoms with Gasteiger partial charge in [-0.05, 0) is 49.9 Å². The number of hydrogen-bond acceptors (Lipinski definition) is 2. The van der Waals surface area contributed by atoms with E-state index in [0.717, 1.165) is 28.7 Å². The number of rotatable bonds is 4. The molecule has 0 aliphatic heterocycles. The van der Waals surface area contributed by atoms with Gasteiger partial charge in [0.1, 0.15) is 0 Å². The number of benzene rings is 1. The van der Waals surface area contributed by atoms with Crippen LogP contribution >= 0.6 is 0 Å². The molecule has 1 atom stereocenters. The van der Waals surface area contributed by atoms with Crippen LogP contribution in [0.15, 0.2) is 36.7 Å². The van der Waals surface area contributed by atoms with Gasteiger partial charge in [0.05, 0.1) is 17.8 Å². The molecule has 0 fully saturated rings. The Morgan fingerprint density at radius 3 is 2.95 bits per heavy atom. The number of aryl methyl sites for hydroxylation is 2. The summed E-state index contributed by atoms with van der Waals surface area (Å²) in [5.41, 5.74) is 3.93. The predicted octanol–water partition coefficient (Wildman–Crippen LogP) is 3.18. The number of amides is 1. The van der Waals surface area contributed by atoms with Crippen molar-refractivity contribution in [3.63, 3.8) is 0 Å². The Morgan fingerprint density at radius 2 is 2.23 bits per heavy atom. The average Bonchev–Trinajstić information content (AvgIpc) is 3.11. The fourth-order valence-corrected chi connectivity index (χ4v) is 2.58. The monoisotopic (exact) mass is 296 g/mol. The van der Waals surface area contributed by atoms with Crippen LogP contribution in [0.4, 0.5) is 0 Å². The number of carbonyl (C=O) groups is 1. The first-order valence-corrected chi connectivity index (χ1v) is 7.49. The highest BCUT2D eigenvalue weighted by molar-refractivity contribution is 5.94. The van der Waals surface area contributed by atoms with E-state index in [2.05, 4.69) is 33.6 Å². The van der Waals surface area contributed by atoms with Crippen molar-refractivity contribution < 1.29 is 4.79 Å². The van der Waals surface area contributed by atoms with Crippen molar-refractivity contribution in [3.05, 3.63) is 53.5 Å². The van der Waals surface area contributed by atoms with Crippen LogP contribution in [-0.2, 0) is 6.54 Å². The zero-order chi connectivity index (χ0) is 15.7. The van der Waals surface area contributed by atoms with Crippen LogP contribution in [0, 0.1) is 6.92 Å². The summed E-state index contributed by atoms with van der Waals surface area (Å²) in [5, 5.41) is 8.31. The third-order valence-electron chi connectivity index (χ3n) is 3.85. The average molecular weight is 296 g/mol. The number of aromatic amines is 1. The minimum Gasteiger partial charge on any atom is -0.359 e. The Kier molecular flexibility index (Phi) is 3.71. The molecule has 3 aromatic rings. The summed E-state index contributed by atoms with van der Waals surface area (Å²) < 4.78 is 1.74. The van der Waals surface area contributed by atoms with Gasteiger partial charge in [0.2, 0.25) is 0 Å². The maximum absolute atomic E-state index is 12.3. The van der Waals surface area contributed by atoms with Gasteiger partial charge in [-0.3, -0.25) is 9.48 Å². The lowest BCUT2D eigenvalue weighted by Gasteiger charge is -2.13. The van der Waals surface area contributed by atoms with Crippen LogP contribution in [0.5, 0.6) is 0 Å². The first kappa shape index (κ1) is 14.4. The number of H-pyrrole nitrogens is 1. The minimum atomic E-state index is -0.0995. The smallest absolute Gasteiger partial charge is 0.254 e. The quantitative estimate of drug-likeness (QED) is 0.776. The highest BCUT2D eigenvalue weighted by Gasteiger charge is 2.13. The minimum absolute atomic E-state index is 0.0583. The molecule has 114 valence electrons. The number of fused-ring (bicyclic) bond motifs is 1. The molecule has 0 aliphatic carbocycles. The van der Waals surface area contributed by atoms with Gasteiger partial charge in [-0.1, -0.05) is 6.07 Å². The molecular weight excluding hydrogens is 276 g/mol. The van der Waals surface area contributed by atoms with Crippen molar-refractivity contribution in [2.45, 2.75) is 33.4 Å².